The minimum atomic E-state index is -0.668. The maximum absolute atomic E-state index is 12.0. The van der Waals surface area contributed by atoms with E-state index in [9.17, 15) is 9.90 Å². The van der Waals surface area contributed by atoms with Gasteiger partial charge in [-0.3, -0.25) is 4.79 Å². The Morgan fingerprint density at radius 3 is 2.61 bits per heavy atom. The molecule has 1 N–H and O–H groups in total. The van der Waals surface area contributed by atoms with E-state index in [1.807, 2.05) is 20.8 Å². The fourth-order valence-corrected chi connectivity index (χ4v) is 3.99. The third-order valence-corrected chi connectivity index (χ3v) is 4.97. The minimum absolute atomic E-state index is 0.0856. The summed E-state index contributed by atoms with van der Waals surface area (Å²) in [6, 6.07) is 0. The number of fused-ring (bicyclic) bond motifs is 1. The van der Waals surface area contributed by atoms with Gasteiger partial charge in [-0.15, -0.1) is 0 Å². The lowest BCUT2D eigenvalue weighted by Gasteiger charge is -2.32. The normalized spacial score (nSPS) is 49.7. The summed E-state index contributed by atoms with van der Waals surface area (Å²) in [6.07, 6.45) is 0.108. The summed E-state index contributed by atoms with van der Waals surface area (Å²) in [5, 5.41) is 9.92. The molecule has 1 heterocycles. The van der Waals surface area contributed by atoms with Gasteiger partial charge in [0.05, 0.1) is 5.41 Å². The molecule has 0 aromatic carbocycles. The van der Waals surface area contributed by atoms with Crippen LogP contribution < -0.4 is 0 Å². The van der Waals surface area contributed by atoms with Crippen LogP contribution in [0.1, 0.15) is 34.1 Å². The number of carbonyl (C=O) groups excluding carboxylic acids is 1. The lowest BCUT2D eigenvalue weighted by atomic mass is 9.79. The van der Waals surface area contributed by atoms with Gasteiger partial charge in [0.1, 0.15) is 12.2 Å². The largest absolute Gasteiger partial charge is 0.459 e. The first-order chi connectivity index (χ1) is 8.30. The number of hydrogen-bond acceptors (Lipinski definition) is 4. The molecule has 3 rings (SSSR count). The second-order valence-corrected chi connectivity index (χ2v) is 7.11. The summed E-state index contributed by atoms with van der Waals surface area (Å²) >= 11 is 0. The third-order valence-electron chi connectivity index (χ3n) is 4.97. The summed E-state index contributed by atoms with van der Waals surface area (Å²) in [6.45, 7) is 7.72. The van der Waals surface area contributed by atoms with E-state index in [1.165, 1.54) is 0 Å². The topological polar surface area (TPSA) is 55.8 Å². The highest BCUT2D eigenvalue weighted by Crippen LogP contribution is 2.59. The Balaban J connectivity index is 1.78. The van der Waals surface area contributed by atoms with Crippen molar-refractivity contribution < 1.29 is 19.4 Å². The Bertz CT molecular complexity index is 368. The zero-order valence-electron chi connectivity index (χ0n) is 11.4. The van der Waals surface area contributed by atoms with Gasteiger partial charge in [0, 0.05) is 11.8 Å². The van der Waals surface area contributed by atoms with E-state index in [-0.39, 0.29) is 24.1 Å². The molecule has 1 saturated heterocycles. The van der Waals surface area contributed by atoms with Crippen LogP contribution in [0.5, 0.6) is 0 Å². The molecule has 3 fully saturated rings. The molecule has 2 aliphatic carbocycles. The van der Waals surface area contributed by atoms with E-state index in [0.29, 0.717) is 17.8 Å². The quantitative estimate of drug-likeness (QED) is 0.722. The van der Waals surface area contributed by atoms with Crippen LogP contribution >= 0.6 is 0 Å². The van der Waals surface area contributed by atoms with Crippen LogP contribution in [0.15, 0.2) is 0 Å². The van der Waals surface area contributed by atoms with Gasteiger partial charge in [-0.1, -0.05) is 6.92 Å². The lowest BCUT2D eigenvalue weighted by molar-refractivity contribution is -0.173. The van der Waals surface area contributed by atoms with Crippen molar-refractivity contribution >= 4 is 5.97 Å². The Hall–Kier alpha value is -0.610. The van der Waals surface area contributed by atoms with Crippen LogP contribution in [0, 0.1) is 29.1 Å². The molecule has 18 heavy (non-hydrogen) atoms. The van der Waals surface area contributed by atoms with Gasteiger partial charge in [0.25, 0.3) is 0 Å². The number of hydrogen-bond donors (Lipinski definition) is 1. The van der Waals surface area contributed by atoms with E-state index >= 15 is 0 Å². The summed E-state index contributed by atoms with van der Waals surface area (Å²) in [5.74, 6) is 1.17. The fraction of sp³-hybridized carbons (Fsp3) is 0.929. The molecule has 4 nitrogen and oxygen atoms in total. The SMILES string of the molecule is CC1C2CC3C(OC(O)C13)C2OC(=O)C(C)(C)C. The summed E-state index contributed by atoms with van der Waals surface area (Å²) in [5.41, 5.74) is -0.484. The van der Waals surface area contributed by atoms with Gasteiger partial charge in [-0.25, -0.2) is 0 Å². The Morgan fingerprint density at radius 1 is 1.33 bits per heavy atom. The Morgan fingerprint density at radius 2 is 2.00 bits per heavy atom. The first-order valence-corrected chi connectivity index (χ1v) is 6.85. The highest BCUT2D eigenvalue weighted by Gasteiger charge is 2.65. The van der Waals surface area contributed by atoms with Crippen LogP contribution in [0.4, 0.5) is 0 Å². The molecule has 1 aliphatic heterocycles. The van der Waals surface area contributed by atoms with Crippen LogP contribution in [-0.4, -0.2) is 29.6 Å². The molecule has 0 aromatic rings. The molecule has 3 aliphatic rings. The van der Waals surface area contributed by atoms with E-state index in [4.69, 9.17) is 9.47 Å². The molecule has 0 aromatic heterocycles. The highest BCUT2D eigenvalue weighted by atomic mass is 16.6. The maximum Gasteiger partial charge on any atom is 0.311 e. The van der Waals surface area contributed by atoms with Crippen molar-refractivity contribution in [1.82, 2.24) is 0 Å². The Labute approximate surface area is 108 Å². The van der Waals surface area contributed by atoms with Gasteiger partial charge >= 0.3 is 5.97 Å². The molecule has 102 valence electrons. The van der Waals surface area contributed by atoms with Crippen molar-refractivity contribution in [1.29, 1.82) is 0 Å². The summed E-state index contributed by atoms with van der Waals surface area (Å²) in [7, 11) is 0. The second kappa shape index (κ2) is 3.70. The van der Waals surface area contributed by atoms with Crippen LogP contribution in [0.25, 0.3) is 0 Å². The molecule has 4 heteroatoms. The third kappa shape index (κ3) is 1.55. The number of ether oxygens (including phenoxy) is 2. The van der Waals surface area contributed by atoms with Crippen LogP contribution in [0.2, 0.25) is 0 Å². The molecule has 0 radical (unpaired) electrons. The average Bonchev–Trinajstić information content (AvgIpc) is 2.81. The molecule has 0 spiro atoms. The van der Waals surface area contributed by atoms with Gasteiger partial charge in [-0.2, -0.15) is 0 Å². The summed E-state index contributed by atoms with van der Waals surface area (Å²) < 4.78 is 11.3. The minimum Gasteiger partial charge on any atom is -0.459 e. The number of carbonyl (C=O) groups is 1. The lowest BCUT2D eigenvalue weighted by Crippen LogP contribution is -2.41. The van der Waals surface area contributed by atoms with Crippen molar-refractivity contribution in [3.8, 4) is 0 Å². The van der Waals surface area contributed by atoms with Crippen LogP contribution in [0.3, 0.4) is 0 Å². The van der Waals surface area contributed by atoms with Gasteiger partial charge in [0.2, 0.25) is 0 Å². The van der Waals surface area contributed by atoms with Gasteiger partial charge in [-0.05, 0) is 39.0 Å². The van der Waals surface area contributed by atoms with Crippen LogP contribution in [-0.2, 0) is 14.3 Å². The molecule has 7 atom stereocenters. The number of esters is 1. The smallest absolute Gasteiger partial charge is 0.311 e. The fourth-order valence-electron chi connectivity index (χ4n) is 3.99. The zero-order valence-corrected chi connectivity index (χ0v) is 11.4. The first-order valence-electron chi connectivity index (χ1n) is 6.85. The van der Waals surface area contributed by atoms with Crippen molar-refractivity contribution in [3.63, 3.8) is 0 Å². The standard InChI is InChI=1S/C14H22O4/c1-6-7-5-8-9(6)12(15)17-11(8)10(7)18-13(16)14(2,3)4/h6-12,15H,5H2,1-4H3. The monoisotopic (exact) mass is 254 g/mol. The predicted octanol–water partition coefficient (Wildman–Crippen LogP) is 1.56. The van der Waals surface area contributed by atoms with Crippen molar-refractivity contribution in [2.45, 2.75) is 52.6 Å². The maximum atomic E-state index is 12.0. The molecule has 2 bridgehead atoms. The van der Waals surface area contributed by atoms with Crippen molar-refractivity contribution in [2.75, 3.05) is 0 Å². The number of rotatable bonds is 1. The molecular formula is C14H22O4. The van der Waals surface area contributed by atoms with E-state index in [2.05, 4.69) is 6.92 Å². The van der Waals surface area contributed by atoms with Crippen molar-refractivity contribution in [2.24, 2.45) is 29.1 Å². The second-order valence-electron chi connectivity index (χ2n) is 7.11. The molecule has 0 amide bonds. The van der Waals surface area contributed by atoms with Gasteiger partial charge < -0.3 is 14.6 Å². The molecular weight excluding hydrogens is 232 g/mol. The average molecular weight is 254 g/mol. The number of aliphatic hydroxyl groups is 1. The van der Waals surface area contributed by atoms with E-state index < -0.39 is 11.7 Å². The number of aliphatic hydroxyl groups excluding tert-OH is 1. The zero-order chi connectivity index (χ0) is 13.2. The summed E-state index contributed by atoms with van der Waals surface area (Å²) in [4.78, 5) is 12.0. The predicted molar refractivity (Wildman–Crippen MR) is 64.5 cm³/mol. The molecule has 7 unspecified atom stereocenters. The first kappa shape index (κ1) is 12.4. The van der Waals surface area contributed by atoms with E-state index in [1.54, 1.807) is 0 Å². The van der Waals surface area contributed by atoms with Crippen molar-refractivity contribution in [3.05, 3.63) is 0 Å². The molecule has 2 saturated carbocycles. The van der Waals surface area contributed by atoms with E-state index in [0.717, 1.165) is 6.42 Å². The highest BCUT2D eigenvalue weighted by molar-refractivity contribution is 5.75. The van der Waals surface area contributed by atoms with Gasteiger partial charge in [0.15, 0.2) is 6.29 Å². The Kier molecular flexibility index (Phi) is 2.55.